The number of nitrogens with one attached hydrogen (secondary N) is 1. The number of hydrogen-bond acceptors (Lipinski definition) is 3. The molecule has 1 saturated carbocycles. The highest BCUT2D eigenvalue weighted by Gasteiger charge is 2.49. The standard InChI is InChI=1S/C14H12FN3O/c1-9-5-14(6-9,8-17)13(19)18-12-3-2-11(15)4-10(12)7-16/h2-4,9H,5-6H2,1H3,(H,18,19). The minimum Gasteiger partial charge on any atom is -0.324 e. The van der Waals surface area contributed by atoms with E-state index in [1.807, 2.05) is 19.1 Å². The van der Waals surface area contributed by atoms with Crippen LogP contribution in [0.4, 0.5) is 10.1 Å². The van der Waals surface area contributed by atoms with E-state index in [4.69, 9.17) is 10.5 Å². The molecule has 0 heterocycles. The molecule has 0 unspecified atom stereocenters. The van der Waals surface area contributed by atoms with E-state index >= 15 is 0 Å². The molecular formula is C14H12FN3O. The Kier molecular flexibility index (Phi) is 3.23. The lowest BCUT2D eigenvalue weighted by Gasteiger charge is -2.39. The molecule has 1 fully saturated rings. The summed E-state index contributed by atoms with van der Waals surface area (Å²) in [4.78, 5) is 12.1. The number of halogens is 1. The van der Waals surface area contributed by atoms with Gasteiger partial charge in [-0.3, -0.25) is 4.79 Å². The predicted molar refractivity (Wildman–Crippen MR) is 66.2 cm³/mol. The molecule has 0 spiro atoms. The molecule has 1 aromatic carbocycles. The fourth-order valence-electron chi connectivity index (χ4n) is 2.42. The molecule has 1 amide bonds. The van der Waals surface area contributed by atoms with Crippen LogP contribution < -0.4 is 5.32 Å². The van der Waals surface area contributed by atoms with Crippen molar-refractivity contribution >= 4 is 11.6 Å². The zero-order valence-corrected chi connectivity index (χ0v) is 10.4. The Balaban J connectivity index is 2.21. The summed E-state index contributed by atoms with van der Waals surface area (Å²) in [6.07, 6.45) is 1.02. The molecule has 0 saturated heterocycles. The Morgan fingerprint density at radius 1 is 1.47 bits per heavy atom. The van der Waals surface area contributed by atoms with E-state index < -0.39 is 17.1 Å². The van der Waals surface area contributed by atoms with Gasteiger partial charge in [-0.15, -0.1) is 0 Å². The largest absolute Gasteiger partial charge is 0.324 e. The maximum atomic E-state index is 13.0. The highest BCUT2D eigenvalue weighted by atomic mass is 19.1. The molecular weight excluding hydrogens is 245 g/mol. The first-order valence-corrected chi connectivity index (χ1v) is 5.93. The van der Waals surface area contributed by atoms with Gasteiger partial charge in [0.1, 0.15) is 17.3 Å². The van der Waals surface area contributed by atoms with Crippen LogP contribution in [-0.2, 0) is 4.79 Å². The van der Waals surface area contributed by atoms with Crippen molar-refractivity contribution in [3.8, 4) is 12.1 Å². The molecule has 0 aliphatic heterocycles. The summed E-state index contributed by atoms with van der Waals surface area (Å²) in [6, 6.07) is 7.42. The van der Waals surface area contributed by atoms with Crippen LogP contribution in [0.25, 0.3) is 0 Å². The third-order valence-corrected chi connectivity index (χ3v) is 3.39. The number of amides is 1. The highest BCUT2D eigenvalue weighted by molar-refractivity contribution is 5.98. The average Bonchev–Trinajstić information content (AvgIpc) is 2.36. The number of benzene rings is 1. The normalized spacial score (nSPS) is 24.7. The zero-order chi connectivity index (χ0) is 14.0. The van der Waals surface area contributed by atoms with Crippen LogP contribution in [0.5, 0.6) is 0 Å². The molecule has 1 aliphatic carbocycles. The van der Waals surface area contributed by atoms with Crippen LogP contribution >= 0.6 is 0 Å². The molecule has 1 N–H and O–H groups in total. The van der Waals surface area contributed by atoms with E-state index in [1.54, 1.807) is 0 Å². The van der Waals surface area contributed by atoms with Crippen molar-refractivity contribution in [2.24, 2.45) is 11.3 Å². The van der Waals surface area contributed by atoms with Crippen molar-refractivity contribution in [3.05, 3.63) is 29.6 Å². The quantitative estimate of drug-likeness (QED) is 0.884. The fourth-order valence-corrected chi connectivity index (χ4v) is 2.42. The Morgan fingerprint density at radius 3 is 2.68 bits per heavy atom. The van der Waals surface area contributed by atoms with Crippen molar-refractivity contribution in [2.45, 2.75) is 19.8 Å². The summed E-state index contributed by atoms with van der Waals surface area (Å²) >= 11 is 0. The zero-order valence-electron chi connectivity index (χ0n) is 10.4. The predicted octanol–water partition coefficient (Wildman–Crippen LogP) is 2.58. The Labute approximate surface area is 110 Å². The smallest absolute Gasteiger partial charge is 0.244 e. The molecule has 1 aliphatic rings. The van der Waals surface area contributed by atoms with E-state index in [2.05, 4.69) is 5.32 Å². The van der Waals surface area contributed by atoms with Crippen molar-refractivity contribution in [2.75, 3.05) is 5.32 Å². The maximum absolute atomic E-state index is 13.0. The van der Waals surface area contributed by atoms with Gasteiger partial charge >= 0.3 is 0 Å². The van der Waals surface area contributed by atoms with Crippen LogP contribution in [0.1, 0.15) is 25.3 Å². The molecule has 0 radical (unpaired) electrons. The first-order valence-electron chi connectivity index (χ1n) is 5.93. The van der Waals surface area contributed by atoms with Crippen LogP contribution in [0.3, 0.4) is 0 Å². The van der Waals surface area contributed by atoms with Crippen molar-refractivity contribution in [3.63, 3.8) is 0 Å². The summed E-state index contributed by atoms with van der Waals surface area (Å²) in [6.45, 7) is 1.97. The third-order valence-electron chi connectivity index (χ3n) is 3.39. The first-order chi connectivity index (χ1) is 9.00. The van der Waals surface area contributed by atoms with E-state index in [1.165, 1.54) is 12.1 Å². The second-order valence-corrected chi connectivity index (χ2v) is 4.96. The summed E-state index contributed by atoms with van der Waals surface area (Å²) < 4.78 is 13.0. The molecule has 5 heteroatoms. The summed E-state index contributed by atoms with van der Waals surface area (Å²) in [7, 11) is 0. The first kappa shape index (κ1) is 13.0. The van der Waals surface area contributed by atoms with E-state index in [0.29, 0.717) is 18.8 Å². The number of carbonyl (C=O) groups is 1. The molecule has 2 rings (SSSR count). The molecule has 19 heavy (non-hydrogen) atoms. The number of hydrogen-bond donors (Lipinski definition) is 1. The van der Waals surface area contributed by atoms with Crippen LogP contribution in [0.2, 0.25) is 0 Å². The van der Waals surface area contributed by atoms with Gasteiger partial charge in [-0.1, -0.05) is 6.92 Å². The third kappa shape index (κ3) is 2.28. The fraction of sp³-hybridized carbons (Fsp3) is 0.357. The van der Waals surface area contributed by atoms with Gasteiger partial charge in [0.05, 0.1) is 17.3 Å². The van der Waals surface area contributed by atoms with Gasteiger partial charge in [0, 0.05) is 0 Å². The minimum atomic E-state index is -1.01. The van der Waals surface area contributed by atoms with Crippen molar-refractivity contribution in [1.29, 1.82) is 10.5 Å². The van der Waals surface area contributed by atoms with E-state index in [9.17, 15) is 9.18 Å². The van der Waals surface area contributed by atoms with Crippen LogP contribution in [-0.4, -0.2) is 5.91 Å². The second kappa shape index (κ2) is 4.70. The number of rotatable bonds is 2. The minimum absolute atomic E-state index is 0.0498. The van der Waals surface area contributed by atoms with Gasteiger partial charge in [-0.25, -0.2) is 4.39 Å². The lowest BCUT2D eigenvalue weighted by Crippen LogP contribution is -2.45. The molecule has 0 aromatic heterocycles. The number of carbonyl (C=O) groups excluding carboxylic acids is 1. The second-order valence-electron chi connectivity index (χ2n) is 4.96. The summed E-state index contributed by atoms with van der Waals surface area (Å²) in [5.74, 6) is -0.618. The number of nitriles is 2. The van der Waals surface area contributed by atoms with Gasteiger partial charge in [0.2, 0.25) is 5.91 Å². The Bertz CT molecular complexity index is 606. The maximum Gasteiger partial charge on any atom is 0.244 e. The molecule has 1 aromatic rings. The molecule has 4 nitrogen and oxygen atoms in total. The Hall–Kier alpha value is -2.40. The topological polar surface area (TPSA) is 76.7 Å². The average molecular weight is 257 g/mol. The summed E-state index contributed by atoms with van der Waals surface area (Å²) in [5.41, 5.74) is -0.725. The lowest BCUT2D eigenvalue weighted by molar-refractivity contribution is -0.128. The molecule has 96 valence electrons. The monoisotopic (exact) mass is 257 g/mol. The SMILES string of the molecule is CC1CC(C#N)(C(=O)Nc2ccc(F)cc2C#N)C1. The van der Waals surface area contributed by atoms with Crippen molar-refractivity contribution < 1.29 is 9.18 Å². The summed E-state index contributed by atoms with van der Waals surface area (Å²) in [5, 5.41) is 20.6. The van der Waals surface area contributed by atoms with Crippen molar-refractivity contribution in [1.82, 2.24) is 0 Å². The van der Waals surface area contributed by atoms with Gasteiger partial charge in [-0.2, -0.15) is 10.5 Å². The highest BCUT2D eigenvalue weighted by Crippen LogP contribution is 2.45. The molecule has 0 bridgehead atoms. The molecule has 0 atom stereocenters. The van der Waals surface area contributed by atoms with Gasteiger partial charge in [0.25, 0.3) is 0 Å². The van der Waals surface area contributed by atoms with Gasteiger partial charge < -0.3 is 5.32 Å². The number of anilines is 1. The van der Waals surface area contributed by atoms with Gasteiger partial charge in [-0.05, 0) is 37.0 Å². The number of nitrogens with zero attached hydrogens (tertiary/aromatic N) is 2. The lowest BCUT2D eigenvalue weighted by atomic mass is 9.63. The van der Waals surface area contributed by atoms with E-state index in [0.717, 1.165) is 6.07 Å². The Morgan fingerprint density at radius 2 is 2.16 bits per heavy atom. The van der Waals surface area contributed by atoms with Gasteiger partial charge in [0.15, 0.2) is 0 Å². The van der Waals surface area contributed by atoms with Crippen LogP contribution in [0.15, 0.2) is 18.2 Å². The van der Waals surface area contributed by atoms with Crippen LogP contribution in [0, 0.1) is 39.8 Å². The van der Waals surface area contributed by atoms with E-state index in [-0.39, 0.29) is 11.3 Å².